The highest BCUT2D eigenvalue weighted by Gasteiger charge is 2.48. The van der Waals surface area contributed by atoms with Crippen molar-refractivity contribution < 1.29 is 83.4 Å². The van der Waals surface area contributed by atoms with Crippen LogP contribution in [0.3, 0.4) is 0 Å². The van der Waals surface area contributed by atoms with Crippen LogP contribution in [0.25, 0.3) is 0 Å². The van der Waals surface area contributed by atoms with E-state index in [4.69, 9.17) is 43.9 Å². The van der Waals surface area contributed by atoms with Crippen LogP contribution in [-0.4, -0.2) is 105 Å². The fraction of sp³-hybridized carbons (Fsp3) is 0.480. The molecule has 2 aromatic rings. The standard InChI is InChI=1S/C19H23N3O3.3C2HF3O2/c1-23-18-15(5-4-9-21-18)12-22-13-19(14-22)11-16(7-10-24-19)25-17-6-2-3-8-20-17;3*3-2(4,5)1(6)7/h2-6,8-9,16H,7,10-14H2,1H3;3*(H,6,7). The lowest BCUT2D eigenvalue weighted by atomic mass is 9.84. The summed E-state index contributed by atoms with van der Waals surface area (Å²) in [4.78, 5) is 37.6. The van der Waals surface area contributed by atoms with E-state index in [0.29, 0.717) is 11.8 Å². The van der Waals surface area contributed by atoms with Gasteiger partial charge in [-0.15, -0.1) is 0 Å². The van der Waals surface area contributed by atoms with Crippen LogP contribution in [0, 0.1) is 0 Å². The maximum atomic E-state index is 10.6. The number of methoxy groups -OCH3 is 1. The van der Waals surface area contributed by atoms with Gasteiger partial charge in [-0.05, 0) is 12.1 Å². The van der Waals surface area contributed by atoms with Gasteiger partial charge in [0.05, 0.1) is 19.3 Å². The van der Waals surface area contributed by atoms with Crippen LogP contribution in [-0.2, 0) is 25.7 Å². The van der Waals surface area contributed by atoms with E-state index in [9.17, 15) is 39.5 Å². The van der Waals surface area contributed by atoms with Gasteiger partial charge in [0.15, 0.2) is 0 Å². The number of alkyl halides is 9. The summed E-state index contributed by atoms with van der Waals surface area (Å²) < 4.78 is 113. The number of pyridine rings is 2. The molecule has 0 bridgehead atoms. The molecule has 46 heavy (non-hydrogen) atoms. The Morgan fingerprint density at radius 2 is 1.37 bits per heavy atom. The van der Waals surface area contributed by atoms with Crippen molar-refractivity contribution in [2.45, 2.75) is 49.6 Å². The number of carboxylic acid groups (broad SMARTS) is 3. The Hall–Kier alpha value is -4.40. The summed E-state index contributed by atoms with van der Waals surface area (Å²) in [6, 6.07) is 9.76. The summed E-state index contributed by atoms with van der Waals surface area (Å²) in [5.74, 6) is -6.88. The molecule has 3 N–H and O–H groups in total. The molecule has 2 aliphatic rings. The average molecular weight is 683 g/mol. The van der Waals surface area contributed by atoms with E-state index in [1.807, 2.05) is 24.3 Å². The van der Waals surface area contributed by atoms with Crippen LogP contribution in [0.4, 0.5) is 39.5 Å². The molecular weight excluding hydrogens is 657 g/mol. The number of ether oxygens (including phenoxy) is 3. The van der Waals surface area contributed by atoms with Gasteiger partial charge in [-0.25, -0.2) is 24.4 Å². The third-order valence-electron chi connectivity index (χ3n) is 5.56. The Morgan fingerprint density at radius 1 is 0.870 bits per heavy atom. The number of aromatic nitrogens is 2. The maximum Gasteiger partial charge on any atom is 0.490 e. The Balaban J connectivity index is 0.000000413. The Bertz CT molecular complexity index is 1210. The molecule has 258 valence electrons. The Morgan fingerprint density at radius 3 is 1.80 bits per heavy atom. The van der Waals surface area contributed by atoms with E-state index in [-0.39, 0.29) is 11.7 Å². The topological polar surface area (TPSA) is 169 Å². The average Bonchev–Trinajstić information content (AvgIpc) is 2.93. The number of halogens is 9. The van der Waals surface area contributed by atoms with Crippen molar-refractivity contribution in [3.05, 3.63) is 48.3 Å². The van der Waals surface area contributed by atoms with Crippen LogP contribution in [0.2, 0.25) is 0 Å². The monoisotopic (exact) mass is 683 g/mol. The highest BCUT2D eigenvalue weighted by molar-refractivity contribution is 5.73. The van der Waals surface area contributed by atoms with Gasteiger partial charge in [0.1, 0.15) is 6.10 Å². The van der Waals surface area contributed by atoms with Crippen LogP contribution in [0.1, 0.15) is 18.4 Å². The second-order valence-corrected chi connectivity index (χ2v) is 9.16. The van der Waals surface area contributed by atoms with Crippen molar-refractivity contribution in [3.63, 3.8) is 0 Å². The molecular formula is C25H26F9N3O9. The quantitative estimate of drug-likeness (QED) is 0.385. The summed E-state index contributed by atoms with van der Waals surface area (Å²) in [5.41, 5.74) is 1.02. The molecule has 2 aromatic heterocycles. The molecule has 4 rings (SSSR count). The minimum atomic E-state index is -5.08. The molecule has 2 aliphatic heterocycles. The molecule has 2 fully saturated rings. The lowest BCUT2D eigenvalue weighted by Gasteiger charge is -2.53. The van der Waals surface area contributed by atoms with Crippen molar-refractivity contribution in [2.24, 2.45) is 0 Å². The van der Waals surface area contributed by atoms with E-state index >= 15 is 0 Å². The van der Waals surface area contributed by atoms with Gasteiger partial charge in [0.25, 0.3) is 0 Å². The first-order valence-electron chi connectivity index (χ1n) is 12.4. The maximum absolute atomic E-state index is 10.6. The molecule has 0 aliphatic carbocycles. The van der Waals surface area contributed by atoms with Crippen molar-refractivity contribution in [3.8, 4) is 11.8 Å². The number of hydrogen-bond acceptors (Lipinski definition) is 9. The first-order chi connectivity index (χ1) is 21.1. The molecule has 1 spiro atoms. The van der Waals surface area contributed by atoms with Gasteiger partial charge >= 0.3 is 36.4 Å². The summed E-state index contributed by atoms with van der Waals surface area (Å²) in [6.45, 7) is 3.38. The summed E-state index contributed by atoms with van der Waals surface area (Å²) >= 11 is 0. The van der Waals surface area contributed by atoms with Crippen molar-refractivity contribution in [1.29, 1.82) is 0 Å². The zero-order chi connectivity index (χ0) is 35.3. The first-order valence-corrected chi connectivity index (χ1v) is 12.4. The highest BCUT2D eigenvalue weighted by Crippen LogP contribution is 2.36. The number of rotatable bonds is 5. The second-order valence-electron chi connectivity index (χ2n) is 9.16. The number of nitrogens with zero attached hydrogens (tertiary/aromatic N) is 3. The third kappa shape index (κ3) is 14.1. The largest absolute Gasteiger partial charge is 0.490 e. The zero-order valence-electron chi connectivity index (χ0n) is 23.4. The predicted molar refractivity (Wildman–Crippen MR) is 134 cm³/mol. The molecule has 0 saturated carbocycles. The first kappa shape index (κ1) is 39.6. The van der Waals surface area contributed by atoms with Crippen molar-refractivity contribution >= 4 is 17.9 Å². The smallest absolute Gasteiger partial charge is 0.481 e. The molecule has 1 atom stereocenters. The molecule has 0 radical (unpaired) electrons. The lowest BCUT2D eigenvalue weighted by Crippen LogP contribution is -2.65. The SMILES string of the molecule is COc1ncccc1CN1CC2(CC(Oc3ccccn3)CCO2)C1.O=C(O)C(F)(F)F.O=C(O)C(F)(F)F.O=C(O)C(F)(F)F. The fourth-order valence-electron chi connectivity index (χ4n) is 3.74. The van der Waals surface area contributed by atoms with Gasteiger partial charge in [-0.2, -0.15) is 39.5 Å². The lowest BCUT2D eigenvalue weighted by molar-refractivity contribution is -0.193. The molecule has 12 nitrogen and oxygen atoms in total. The number of carbonyl (C=O) groups is 3. The molecule has 2 saturated heterocycles. The van der Waals surface area contributed by atoms with E-state index < -0.39 is 36.4 Å². The Labute approximate surface area is 253 Å². The molecule has 1 unspecified atom stereocenters. The van der Waals surface area contributed by atoms with Crippen LogP contribution >= 0.6 is 0 Å². The fourth-order valence-corrected chi connectivity index (χ4v) is 3.74. The second kappa shape index (κ2) is 16.8. The summed E-state index contributed by atoms with van der Waals surface area (Å²) in [5, 5.41) is 21.4. The van der Waals surface area contributed by atoms with Gasteiger partial charge in [-0.1, -0.05) is 12.1 Å². The number of hydrogen-bond donors (Lipinski definition) is 3. The summed E-state index contributed by atoms with van der Waals surface area (Å²) in [7, 11) is 1.66. The molecule has 0 aromatic carbocycles. The molecule has 21 heteroatoms. The summed E-state index contributed by atoms with van der Waals surface area (Å²) in [6.07, 6.45) is -9.75. The van der Waals surface area contributed by atoms with E-state index in [1.54, 1.807) is 19.5 Å². The van der Waals surface area contributed by atoms with Gasteiger partial charge in [0.2, 0.25) is 11.8 Å². The van der Waals surface area contributed by atoms with Crippen molar-refractivity contribution in [1.82, 2.24) is 14.9 Å². The van der Waals surface area contributed by atoms with Crippen LogP contribution in [0.5, 0.6) is 11.8 Å². The Kier molecular flexibility index (Phi) is 14.5. The van der Waals surface area contributed by atoms with Gasteiger partial charge in [0, 0.05) is 56.5 Å². The van der Waals surface area contributed by atoms with Crippen molar-refractivity contribution in [2.75, 3.05) is 26.8 Å². The van der Waals surface area contributed by atoms with Gasteiger partial charge in [-0.3, -0.25) is 4.90 Å². The molecule has 0 amide bonds. The number of likely N-dealkylation sites (tertiary alicyclic amines) is 1. The van der Waals surface area contributed by atoms with E-state index in [0.717, 1.165) is 44.6 Å². The zero-order valence-corrected chi connectivity index (χ0v) is 23.4. The van der Waals surface area contributed by atoms with E-state index in [2.05, 4.69) is 20.9 Å². The van der Waals surface area contributed by atoms with Crippen LogP contribution < -0.4 is 9.47 Å². The number of aliphatic carboxylic acids is 3. The van der Waals surface area contributed by atoms with Gasteiger partial charge < -0.3 is 29.5 Å². The highest BCUT2D eigenvalue weighted by atomic mass is 19.4. The van der Waals surface area contributed by atoms with Crippen LogP contribution in [0.15, 0.2) is 42.7 Å². The molecule has 4 heterocycles. The minimum absolute atomic E-state index is 0.0901. The van der Waals surface area contributed by atoms with E-state index in [1.165, 1.54) is 0 Å². The predicted octanol–water partition coefficient (Wildman–Crippen LogP) is 4.20. The minimum Gasteiger partial charge on any atom is -0.481 e. The third-order valence-corrected chi connectivity index (χ3v) is 5.56. The normalized spacial score (nSPS) is 17.3. The number of carboxylic acids is 3.